The highest BCUT2D eigenvalue weighted by Gasteiger charge is 2.34. The number of pyridine rings is 1. The Kier molecular flexibility index (Phi) is 6.99. The summed E-state index contributed by atoms with van der Waals surface area (Å²) in [6.07, 6.45) is -1.66. The molecule has 0 saturated carbocycles. The number of aromatic nitrogens is 3. The van der Waals surface area contributed by atoms with E-state index in [9.17, 15) is 18.3 Å². The molecule has 0 bridgehead atoms. The van der Waals surface area contributed by atoms with Crippen LogP contribution in [0.1, 0.15) is 37.8 Å². The molecule has 3 heterocycles. The van der Waals surface area contributed by atoms with Crippen molar-refractivity contribution in [3.63, 3.8) is 0 Å². The Morgan fingerprint density at radius 3 is 2.57 bits per heavy atom. The predicted molar refractivity (Wildman–Crippen MR) is 107 cm³/mol. The van der Waals surface area contributed by atoms with Gasteiger partial charge >= 0.3 is 6.18 Å². The molecule has 1 unspecified atom stereocenters. The number of aryl methyl sites for hydroxylation is 1. The molecular weight excluding hydrogens is 399 g/mol. The lowest BCUT2D eigenvalue weighted by Gasteiger charge is -2.26. The van der Waals surface area contributed by atoms with Gasteiger partial charge in [-0.2, -0.15) is 13.2 Å². The number of aliphatic hydroxyl groups excluding tert-OH is 1. The summed E-state index contributed by atoms with van der Waals surface area (Å²) in [5.74, 6) is -0.223. The smallest absolute Gasteiger partial charge is 0.385 e. The molecule has 1 aliphatic heterocycles. The van der Waals surface area contributed by atoms with E-state index < -0.39 is 23.7 Å². The maximum absolute atomic E-state index is 13.2. The number of anilines is 1. The molecule has 10 heteroatoms. The molecule has 1 fully saturated rings. The van der Waals surface area contributed by atoms with Gasteiger partial charge in [-0.15, -0.1) is 0 Å². The van der Waals surface area contributed by atoms with E-state index in [-0.39, 0.29) is 11.5 Å². The van der Waals surface area contributed by atoms with Crippen LogP contribution in [0.5, 0.6) is 0 Å². The van der Waals surface area contributed by atoms with E-state index >= 15 is 0 Å². The van der Waals surface area contributed by atoms with Crippen LogP contribution in [0.3, 0.4) is 0 Å². The average molecular weight is 427 g/mol. The molecule has 1 atom stereocenters. The van der Waals surface area contributed by atoms with Crippen LogP contribution in [0, 0.1) is 5.92 Å². The summed E-state index contributed by atoms with van der Waals surface area (Å²) in [5, 5.41) is 10.6. The third kappa shape index (κ3) is 5.30. The van der Waals surface area contributed by atoms with Crippen LogP contribution < -0.4 is 5.73 Å². The molecule has 0 aliphatic carbocycles. The maximum atomic E-state index is 13.2. The lowest BCUT2D eigenvalue weighted by atomic mass is 10.1. The van der Waals surface area contributed by atoms with Gasteiger partial charge in [0.15, 0.2) is 0 Å². The minimum absolute atomic E-state index is 0.0893. The number of morpholine rings is 1. The molecule has 3 N–H and O–H groups in total. The number of aliphatic hydroxyl groups is 1. The van der Waals surface area contributed by atoms with Gasteiger partial charge in [0.05, 0.1) is 24.5 Å². The van der Waals surface area contributed by atoms with Gasteiger partial charge in [-0.25, -0.2) is 9.97 Å². The average Bonchev–Trinajstić information content (AvgIpc) is 3.11. The number of hydrogen-bond donors (Lipinski definition) is 2. The summed E-state index contributed by atoms with van der Waals surface area (Å²) in [7, 11) is 0. The number of halogens is 3. The van der Waals surface area contributed by atoms with E-state index in [0.29, 0.717) is 18.1 Å². The van der Waals surface area contributed by atoms with E-state index in [1.54, 1.807) is 6.20 Å². The number of nitrogens with two attached hydrogens (primary N) is 1. The van der Waals surface area contributed by atoms with Crippen LogP contribution in [-0.4, -0.2) is 57.4 Å². The van der Waals surface area contributed by atoms with Crippen molar-refractivity contribution < 1.29 is 23.0 Å². The molecule has 30 heavy (non-hydrogen) atoms. The molecule has 166 valence electrons. The summed E-state index contributed by atoms with van der Waals surface area (Å²) < 4.78 is 46.8. The molecule has 0 radical (unpaired) electrons. The van der Waals surface area contributed by atoms with Gasteiger partial charge < -0.3 is 20.1 Å². The lowest BCUT2D eigenvalue weighted by molar-refractivity contribution is -0.137. The standard InChI is InChI=1S/C20H28F3N5O2/c1-13(2)17(29)19-26-16(14-10-15(20(21,22)23)18(24)25-11-14)12-28(19)5-3-4-27-6-8-30-9-7-27/h10-13,17,29H,3-9H2,1-2H3,(H2,24,25). The zero-order valence-electron chi connectivity index (χ0n) is 17.2. The van der Waals surface area contributed by atoms with Crippen molar-refractivity contribution in [3.8, 4) is 11.3 Å². The molecule has 0 amide bonds. The highest BCUT2D eigenvalue weighted by Crippen LogP contribution is 2.35. The quantitative estimate of drug-likeness (QED) is 0.706. The topological polar surface area (TPSA) is 89.4 Å². The summed E-state index contributed by atoms with van der Waals surface area (Å²) in [5.41, 5.74) is 4.95. The van der Waals surface area contributed by atoms with Gasteiger partial charge in [0.2, 0.25) is 0 Å². The van der Waals surface area contributed by atoms with Crippen molar-refractivity contribution in [2.24, 2.45) is 5.92 Å². The fourth-order valence-corrected chi connectivity index (χ4v) is 3.41. The first-order valence-electron chi connectivity index (χ1n) is 10.0. The summed E-state index contributed by atoms with van der Waals surface area (Å²) in [6, 6.07) is 0.953. The van der Waals surface area contributed by atoms with Crippen molar-refractivity contribution in [1.82, 2.24) is 19.4 Å². The number of hydrogen-bond acceptors (Lipinski definition) is 6. The summed E-state index contributed by atoms with van der Waals surface area (Å²) >= 11 is 0. The minimum atomic E-state index is -4.60. The summed E-state index contributed by atoms with van der Waals surface area (Å²) in [6.45, 7) is 8.40. The van der Waals surface area contributed by atoms with Crippen molar-refractivity contribution in [2.45, 2.75) is 39.1 Å². The van der Waals surface area contributed by atoms with Crippen LogP contribution in [0.4, 0.5) is 19.0 Å². The largest absolute Gasteiger partial charge is 0.419 e. The number of rotatable bonds is 7. The molecule has 7 nitrogen and oxygen atoms in total. The number of nitrogen functional groups attached to an aromatic ring is 1. The molecule has 0 spiro atoms. The fraction of sp³-hybridized carbons (Fsp3) is 0.600. The number of nitrogens with zero attached hydrogens (tertiary/aromatic N) is 4. The van der Waals surface area contributed by atoms with Gasteiger partial charge in [-0.05, 0) is 18.4 Å². The van der Waals surface area contributed by atoms with Gasteiger partial charge in [-0.1, -0.05) is 13.8 Å². The highest BCUT2D eigenvalue weighted by molar-refractivity contribution is 5.62. The van der Waals surface area contributed by atoms with E-state index in [2.05, 4.69) is 14.9 Å². The summed E-state index contributed by atoms with van der Waals surface area (Å²) in [4.78, 5) is 10.4. The predicted octanol–water partition coefficient (Wildman–Crippen LogP) is 2.96. The lowest BCUT2D eigenvalue weighted by Crippen LogP contribution is -2.37. The third-order valence-electron chi connectivity index (χ3n) is 5.20. The molecule has 2 aromatic rings. The van der Waals surface area contributed by atoms with Crippen molar-refractivity contribution >= 4 is 5.82 Å². The van der Waals surface area contributed by atoms with Crippen molar-refractivity contribution in [2.75, 3.05) is 38.6 Å². The normalized spacial score (nSPS) is 16.9. The van der Waals surface area contributed by atoms with Gasteiger partial charge in [-0.3, -0.25) is 4.90 Å². The van der Waals surface area contributed by atoms with E-state index in [1.807, 2.05) is 18.4 Å². The first kappa shape index (κ1) is 22.5. The van der Waals surface area contributed by atoms with Crippen LogP contribution in [-0.2, 0) is 17.5 Å². The zero-order chi connectivity index (χ0) is 21.9. The van der Waals surface area contributed by atoms with Gasteiger partial charge in [0.1, 0.15) is 17.7 Å². The second kappa shape index (κ2) is 9.32. The Bertz CT molecular complexity index is 847. The molecule has 3 rings (SSSR count). The number of alkyl halides is 3. The van der Waals surface area contributed by atoms with Gasteiger partial charge in [0, 0.05) is 44.1 Å². The highest BCUT2D eigenvalue weighted by atomic mass is 19.4. The van der Waals surface area contributed by atoms with Crippen LogP contribution in [0.15, 0.2) is 18.5 Å². The van der Waals surface area contributed by atoms with Crippen LogP contribution in [0.2, 0.25) is 0 Å². The number of imidazole rings is 1. The number of ether oxygens (including phenoxy) is 1. The Morgan fingerprint density at radius 2 is 1.93 bits per heavy atom. The van der Waals surface area contributed by atoms with Crippen LogP contribution >= 0.6 is 0 Å². The van der Waals surface area contributed by atoms with E-state index in [4.69, 9.17) is 10.5 Å². The molecule has 1 saturated heterocycles. The Balaban J connectivity index is 1.84. The Hall–Kier alpha value is -2.17. The van der Waals surface area contributed by atoms with E-state index in [1.165, 1.54) is 6.20 Å². The molecule has 1 aliphatic rings. The molecular formula is C20H28F3N5O2. The fourth-order valence-electron chi connectivity index (χ4n) is 3.41. The van der Waals surface area contributed by atoms with Crippen molar-refractivity contribution in [1.29, 1.82) is 0 Å². The monoisotopic (exact) mass is 427 g/mol. The SMILES string of the molecule is CC(C)C(O)c1nc(-c2cnc(N)c(C(F)(F)F)c2)cn1CCCN1CCOCC1. The molecule has 2 aromatic heterocycles. The minimum Gasteiger partial charge on any atom is -0.385 e. The van der Waals surface area contributed by atoms with E-state index in [0.717, 1.165) is 45.3 Å². The van der Waals surface area contributed by atoms with Crippen LogP contribution in [0.25, 0.3) is 11.3 Å². The van der Waals surface area contributed by atoms with Crippen molar-refractivity contribution in [3.05, 3.63) is 29.8 Å². The van der Waals surface area contributed by atoms with Gasteiger partial charge in [0.25, 0.3) is 0 Å². The third-order valence-corrected chi connectivity index (χ3v) is 5.20. The Morgan fingerprint density at radius 1 is 1.23 bits per heavy atom. The first-order chi connectivity index (χ1) is 14.2. The Labute approximate surface area is 173 Å². The second-order valence-corrected chi connectivity index (χ2v) is 7.83. The molecule has 0 aromatic carbocycles. The second-order valence-electron chi connectivity index (χ2n) is 7.83. The zero-order valence-corrected chi connectivity index (χ0v) is 17.2. The maximum Gasteiger partial charge on any atom is 0.419 e. The first-order valence-corrected chi connectivity index (χ1v) is 10.0.